The number of pyridine rings is 1. The molecule has 0 aliphatic heterocycles. The second-order valence-corrected chi connectivity index (χ2v) is 4.17. The maximum atomic E-state index is 11.4. The highest BCUT2D eigenvalue weighted by Crippen LogP contribution is 2.16. The van der Waals surface area contributed by atoms with E-state index in [4.69, 9.17) is 0 Å². The smallest absolute Gasteiger partial charge is 0.347 e. The van der Waals surface area contributed by atoms with Gasteiger partial charge in [-0.2, -0.15) is 0 Å². The minimum Gasteiger partial charge on any atom is -0.389 e. The Hall–Kier alpha value is -1.71. The van der Waals surface area contributed by atoms with Crippen LogP contribution in [0.15, 0.2) is 24.5 Å². The first kappa shape index (κ1) is 11.4. The van der Waals surface area contributed by atoms with Crippen LogP contribution in [0, 0.1) is 5.41 Å². The highest BCUT2D eigenvalue weighted by molar-refractivity contribution is 5.97. The van der Waals surface area contributed by atoms with Crippen LogP contribution in [0.1, 0.15) is 31.1 Å². The Bertz CT molecular complexity index is 365. The predicted octanol–water partition coefficient (Wildman–Crippen LogP) is 1.81. The summed E-state index contributed by atoms with van der Waals surface area (Å²) in [4.78, 5) is 26.6. The van der Waals surface area contributed by atoms with E-state index in [0.29, 0.717) is 0 Å². The molecule has 0 unspecified atom stereocenters. The molecule has 0 atom stereocenters. The van der Waals surface area contributed by atoms with E-state index < -0.39 is 17.4 Å². The molecule has 1 aromatic heterocycles. The molecular formula is C11H13NO3. The molecule has 1 heterocycles. The lowest BCUT2D eigenvalue weighted by molar-refractivity contribution is -0.146. The van der Waals surface area contributed by atoms with E-state index in [1.807, 2.05) is 0 Å². The van der Waals surface area contributed by atoms with Gasteiger partial charge >= 0.3 is 11.9 Å². The molecule has 1 aromatic rings. The zero-order valence-electron chi connectivity index (χ0n) is 8.98. The van der Waals surface area contributed by atoms with Crippen molar-refractivity contribution in [3.63, 3.8) is 0 Å². The Balaban J connectivity index is 2.70. The number of nitrogens with zero attached hydrogens (tertiary/aromatic N) is 1. The van der Waals surface area contributed by atoms with Gasteiger partial charge in [-0.05, 0) is 32.9 Å². The van der Waals surface area contributed by atoms with Crippen LogP contribution in [0.5, 0.6) is 0 Å². The number of ether oxygens (including phenoxy) is 1. The van der Waals surface area contributed by atoms with Crippen molar-refractivity contribution >= 4 is 11.9 Å². The molecule has 4 nitrogen and oxygen atoms in total. The molecule has 0 N–H and O–H groups in total. The lowest BCUT2D eigenvalue weighted by Crippen LogP contribution is -2.25. The van der Waals surface area contributed by atoms with Gasteiger partial charge in [-0.15, -0.1) is 0 Å². The number of carbonyl (C=O) groups is 2. The van der Waals surface area contributed by atoms with Gasteiger partial charge in [0.05, 0.1) is 11.0 Å². The van der Waals surface area contributed by atoms with E-state index in [9.17, 15) is 9.59 Å². The van der Waals surface area contributed by atoms with Gasteiger partial charge < -0.3 is 4.74 Å². The van der Waals surface area contributed by atoms with Crippen LogP contribution in [-0.2, 0) is 9.53 Å². The largest absolute Gasteiger partial charge is 0.389 e. The normalized spacial score (nSPS) is 10.9. The van der Waals surface area contributed by atoms with Gasteiger partial charge in [-0.25, -0.2) is 4.79 Å². The lowest BCUT2D eigenvalue weighted by atomic mass is 9.97. The van der Waals surface area contributed by atoms with Crippen LogP contribution in [-0.4, -0.2) is 16.9 Å². The topological polar surface area (TPSA) is 56.3 Å². The van der Waals surface area contributed by atoms with Crippen molar-refractivity contribution in [3.8, 4) is 0 Å². The Morgan fingerprint density at radius 2 is 2.00 bits per heavy atom. The SMILES string of the molecule is CC(C)(C)C(=O)OC(=O)c1cccnc1. The Labute approximate surface area is 88.3 Å². The number of aromatic nitrogens is 1. The molecule has 0 aliphatic carbocycles. The van der Waals surface area contributed by atoms with Gasteiger partial charge in [0, 0.05) is 12.4 Å². The van der Waals surface area contributed by atoms with E-state index in [1.54, 1.807) is 39.1 Å². The van der Waals surface area contributed by atoms with Crippen molar-refractivity contribution in [1.82, 2.24) is 4.98 Å². The van der Waals surface area contributed by atoms with E-state index in [0.717, 1.165) is 0 Å². The van der Waals surface area contributed by atoms with Crippen molar-refractivity contribution in [2.75, 3.05) is 0 Å². The van der Waals surface area contributed by atoms with Crippen LogP contribution in [0.3, 0.4) is 0 Å². The van der Waals surface area contributed by atoms with Gasteiger partial charge in [0.15, 0.2) is 0 Å². The third kappa shape index (κ3) is 3.16. The summed E-state index contributed by atoms with van der Waals surface area (Å²) in [6.07, 6.45) is 2.90. The standard InChI is InChI=1S/C11H13NO3/c1-11(2,3)10(14)15-9(13)8-5-4-6-12-7-8/h4-7H,1-3H3. The maximum Gasteiger partial charge on any atom is 0.347 e. The number of hydrogen-bond donors (Lipinski definition) is 0. The number of esters is 2. The molecule has 0 saturated heterocycles. The Kier molecular flexibility index (Phi) is 3.19. The van der Waals surface area contributed by atoms with E-state index >= 15 is 0 Å². The minimum atomic E-state index is -0.683. The fourth-order valence-corrected chi connectivity index (χ4v) is 0.780. The summed E-state index contributed by atoms with van der Waals surface area (Å²) in [5, 5.41) is 0. The number of hydrogen-bond acceptors (Lipinski definition) is 4. The molecule has 0 fully saturated rings. The van der Waals surface area contributed by atoms with E-state index in [-0.39, 0.29) is 5.56 Å². The van der Waals surface area contributed by atoms with Crippen LogP contribution >= 0.6 is 0 Å². The Morgan fingerprint density at radius 3 is 2.47 bits per heavy atom. The van der Waals surface area contributed by atoms with Gasteiger partial charge in [0.1, 0.15) is 0 Å². The zero-order chi connectivity index (χ0) is 11.5. The van der Waals surface area contributed by atoms with Gasteiger partial charge in [0.2, 0.25) is 0 Å². The quantitative estimate of drug-likeness (QED) is 0.520. The van der Waals surface area contributed by atoms with Crippen molar-refractivity contribution in [2.24, 2.45) is 5.41 Å². The number of rotatable bonds is 1. The molecule has 15 heavy (non-hydrogen) atoms. The second kappa shape index (κ2) is 4.21. The molecule has 80 valence electrons. The first-order valence-electron chi connectivity index (χ1n) is 4.58. The van der Waals surface area contributed by atoms with Crippen LogP contribution < -0.4 is 0 Å². The van der Waals surface area contributed by atoms with E-state index in [2.05, 4.69) is 9.72 Å². The molecule has 0 aromatic carbocycles. The van der Waals surface area contributed by atoms with Gasteiger partial charge in [0.25, 0.3) is 0 Å². The summed E-state index contributed by atoms with van der Waals surface area (Å²) in [5.41, 5.74) is -0.409. The van der Waals surface area contributed by atoms with Gasteiger partial charge in [-0.3, -0.25) is 9.78 Å². The molecule has 1 rings (SSSR count). The number of carbonyl (C=O) groups excluding carboxylic acids is 2. The molecule has 0 aliphatic rings. The van der Waals surface area contributed by atoms with Crippen LogP contribution in [0.2, 0.25) is 0 Å². The van der Waals surface area contributed by atoms with Crippen molar-refractivity contribution in [1.29, 1.82) is 0 Å². The molecule has 0 amide bonds. The predicted molar refractivity (Wildman–Crippen MR) is 54.1 cm³/mol. The maximum absolute atomic E-state index is 11.4. The first-order chi connectivity index (χ1) is 6.91. The summed E-state index contributed by atoms with van der Waals surface area (Å²) in [6.45, 7) is 5.06. The summed E-state index contributed by atoms with van der Waals surface area (Å²) < 4.78 is 4.68. The molecular weight excluding hydrogens is 194 g/mol. The van der Waals surface area contributed by atoms with Gasteiger partial charge in [-0.1, -0.05) is 0 Å². The lowest BCUT2D eigenvalue weighted by Gasteiger charge is -2.14. The third-order valence-electron chi connectivity index (χ3n) is 1.70. The van der Waals surface area contributed by atoms with Crippen molar-refractivity contribution < 1.29 is 14.3 Å². The second-order valence-electron chi connectivity index (χ2n) is 4.17. The van der Waals surface area contributed by atoms with Crippen molar-refractivity contribution in [3.05, 3.63) is 30.1 Å². The summed E-state index contributed by atoms with van der Waals surface area (Å²) in [7, 11) is 0. The molecule has 0 bridgehead atoms. The highest BCUT2D eigenvalue weighted by atomic mass is 16.6. The molecule has 4 heteroatoms. The average Bonchev–Trinajstić information content (AvgIpc) is 2.17. The monoisotopic (exact) mass is 207 g/mol. The first-order valence-corrected chi connectivity index (χ1v) is 4.58. The fourth-order valence-electron chi connectivity index (χ4n) is 0.780. The third-order valence-corrected chi connectivity index (χ3v) is 1.70. The zero-order valence-corrected chi connectivity index (χ0v) is 8.98. The minimum absolute atomic E-state index is 0.273. The molecule has 0 saturated carbocycles. The summed E-state index contributed by atoms with van der Waals surface area (Å²) in [5.74, 6) is -1.21. The van der Waals surface area contributed by atoms with Crippen LogP contribution in [0.25, 0.3) is 0 Å². The average molecular weight is 207 g/mol. The summed E-state index contributed by atoms with van der Waals surface area (Å²) >= 11 is 0. The Morgan fingerprint density at radius 1 is 1.33 bits per heavy atom. The molecule has 0 radical (unpaired) electrons. The summed E-state index contributed by atoms with van der Waals surface area (Å²) in [6, 6.07) is 3.16. The van der Waals surface area contributed by atoms with Crippen molar-refractivity contribution in [2.45, 2.75) is 20.8 Å². The molecule has 0 spiro atoms. The highest BCUT2D eigenvalue weighted by Gasteiger charge is 2.26. The van der Waals surface area contributed by atoms with Crippen LogP contribution in [0.4, 0.5) is 0 Å². The fraction of sp³-hybridized carbons (Fsp3) is 0.364. The van der Waals surface area contributed by atoms with E-state index in [1.165, 1.54) is 6.20 Å².